The SMILES string of the molecule is CCO[C@H](C[C@H](C(C)C)N(C)C(=O)C(CC(=O)[C@H]1CCCC[N+]1(C)Cc1ccc(O[C@@H]2O[C@H](C(=O)O)[C@@H](O)[C@H](O)[C@H]2O)c(NC(=O)CCNC(=O)[C@H](CCCCNC(=O)CCOCCOCCOCCOCCOCCOCCOCCOCCOCCOCCOCCOC)NC(=O)[C@H](CN)NC(=O)CCC(=O)O)c1)[C@@H](C)CC)c1nc(C(=O)N[C@@H](Cc2ccccc2)C[C@H](C)C(=O)O)cs1. The second-order valence-corrected chi connectivity index (χ2v) is 35.2. The van der Waals surface area contributed by atoms with E-state index in [9.17, 15) is 68.7 Å². The molecule has 42 nitrogen and oxygen atoms in total. The summed E-state index contributed by atoms with van der Waals surface area (Å²) in [5.74, 6) is -10.3. The van der Waals surface area contributed by atoms with Crippen LogP contribution in [0.25, 0.3) is 0 Å². The van der Waals surface area contributed by atoms with Crippen molar-refractivity contribution in [1.29, 1.82) is 0 Å². The number of methoxy groups -OCH3 is 1. The number of rotatable bonds is 78. The highest BCUT2D eigenvalue weighted by Gasteiger charge is 2.49. The van der Waals surface area contributed by atoms with Crippen molar-refractivity contribution in [3.63, 3.8) is 0 Å². The quantitative estimate of drug-likeness (QED) is 0.0284. The van der Waals surface area contributed by atoms with E-state index in [0.29, 0.717) is 188 Å². The number of nitrogens with two attached hydrogens (primary N) is 1. The van der Waals surface area contributed by atoms with E-state index in [1.807, 2.05) is 72.0 Å². The van der Waals surface area contributed by atoms with Crippen LogP contribution in [0.15, 0.2) is 53.9 Å². The van der Waals surface area contributed by atoms with Crippen LogP contribution in [0.1, 0.15) is 164 Å². The van der Waals surface area contributed by atoms with E-state index in [4.69, 9.17) is 86.9 Å². The standard InChI is InChI=1S/C94H152N10O32S/c1-10-64(5)69(91(117)103(7)74(63(3)4)59-78(134-11-2)90-102-73(62-137-90)89(116)98-68(55-65(6)92(118)119)56-66-19-13-12-14-20-66)58-76(105)75-22-16-18-31-104(75,8)61-67-23-24-77(135-94-85(113)83(111)84(112)86(136-94)93(120)121)71(57-67)99-81(108)27-30-97-87(114)70(101-88(115)72(60-95)100-80(107)25-26-82(109)110)21-15-17-29-96-79(106)28-32-123-35-36-125-39-40-127-43-44-129-47-48-131-51-52-133-54-53-132-50-49-130-46-45-128-42-41-126-38-37-124-34-33-122-9/h12-14,19-20,23-24,57,62-65,68-70,72,74-75,78,83-86,94,111-113H,10-11,15-18,21-22,25-56,58-61,95H2,1-9H3,(H8-,96,97,98,99,100,101,106,107,108,109,110,114,115,116,118,119,120,121)/p+1/t64-,65-,68+,69?,70-,72-,74+,75+,78+,83-,84-,85+,86-,94+,104?/m0/s1. The number of carboxylic acid groups (broad SMARTS) is 3. The Balaban J connectivity index is 1.12. The molecule has 2 aliphatic rings. The number of nitrogens with one attached hydrogen (secondary N) is 6. The predicted octanol–water partition coefficient (Wildman–Crippen LogP) is 3.38. The molecule has 0 radical (unpaired) electrons. The van der Waals surface area contributed by atoms with Gasteiger partial charge in [0.25, 0.3) is 5.91 Å². The van der Waals surface area contributed by atoms with Crippen LogP contribution in [-0.2, 0) is 127 Å². The molecule has 3 aromatic rings. The average molecular weight is 1970 g/mol. The van der Waals surface area contributed by atoms with Crippen molar-refractivity contribution in [3.8, 4) is 5.75 Å². The summed E-state index contributed by atoms with van der Waals surface area (Å²) in [5, 5.41) is 79.7. The van der Waals surface area contributed by atoms with Crippen LogP contribution >= 0.6 is 11.3 Å². The second kappa shape index (κ2) is 68.6. The van der Waals surface area contributed by atoms with Gasteiger partial charge in [-0.3, -0.25) is 47.9 Å². The molecule has 2 aromatic carbocycles. The molecule has 2 fully saturated rings. The number of Topliss-reactive ketones (excluding diaryl/α,β-unsaturated/α-hetero) is 1. The van der Waals surface area contributed by atoms with Crippen LogP contribution in [0, 0.1) is 23.7 Å². The number of aliphatic hydroxyl groups excluding tert-OH is 3. The number of thiazole rings is 1. The number of benzene rings is 2. The van der Waals surface area contributed by atoms with Crippen LogP contribution < -0.4 is 42.4 Å². The Labute approximate surface area is 807 Å². The minimum atomic E-state index is -2.07. The first kappa shape index (κ1) is 119. The van der Waals surface area contributed by atoms with Gasteiger partial charge in [0.05, 0.1) is 184 Å². The fourth-order valence-corrected chi connectivity index (χ4v) is 16.2. The molecular formula is C94H153N10O32S+. The number of likely N-dealkylation sites (N-methyl/N-ethyl adjacent to an activating group) is 1. The Morgan fingerprint density at radius 3 is 1.70 bits per heavy atom. The van der Waals surface area contributed by atoms with E-state index >= 15 is 9.59 Å². The number of aromatic nitrogens is 1. The molecule has 7 amide bonds. The van der Waals surface area contributed by atoms with Crippen LogP contribution in [0.5, 0.6) is 5.75 Å². The molecule has 5 rings (SSSR count). The van der Waals surface area contributed by atoms with Crippen molar-refractivity contribution in [3.05, 3.63) is 75.7 Å². The van der Waals surface area contributed by atoms with Crippen LogP contribution in [0.3, 0.4) is 0 Å². The predicted molar refractivity (Wildman–Crippen MR) is 500 cm³/mol. The van der Waals surface area contributed by atoms with Crippen LogP contribution in [0.2, 0.25) is 0 Å². The van der Waals surface area contributed by atoms with Gasteiger partial charge >= 0.3 is 17.9 Å². The van der Waals surface area contributed by atoms with Crippen molar-refractivity contribution < 1.29 is 159 Å². The number of carbonyl (C=O) groups excluding carboxylic acids is 8. The van der Waals surface area contributed by atoms with Gasteiger partial charge in [-0.15, -0.1) is 11.3 Å². The van der Waals surface area contributed by atoms with Crippen LogP contribution in [-0.4, -0.2) is 377 Å². The van der Waals surface area contributed by atoms with Gasteiger partial charge in [0, 0.05) is 108 Å². The lowest BCUT2D eigenvalue weighted by Gasteiger charge is -2.45. The number of quaternary nitrogens is 1. The summed E-state index contributed by atoms with van der Waals surface area (Å²) in [4.78, 5) is 154. The van der Waals surface area contributed by atoms with E-state index in [1.54, 1.807) is 43.5 Å². The minimum absolute atomic E-state index is 0.0226. The highest BCUT2D eigenvalue weighted by Crippen LogP contribution is 2.37. The first-order valence-corrected chi connectivity index (χ1v) is 48.4. The Hall–Kier alpha value is -8.52. The van der Waals surface area contributed by atoms with Gasteiger partial charge in [-0.05, 0) is 87.5 Å². The van der Waals surface area contributed by atoms with E-state index in [0.717, 1.165) is 12.0 Å². The lowest BCUT2D eigenvalue weighted by atomic mass is 9.82. The van der Waals surface area contributed by atoms with Gasteiger partial charge in [-0.25, -0.2) is 9.78 Å². The third-order valence-corrected chi connectivity index (χ3v) is 24.2. The summed E-state index contributed by atoms with van der Waals surface area (Å²) in [6, 6.07) is 9.79. The molecule has 2 saturated heterocycles. The topological polar surface area (TPSA) is 562 Å². The molecule has 14 N–H and O–H groups in total. The third-order valence-electron chi connectivity index (χ3n) is 23.3. The maximum atomic E-state index is 15.3. The number of hydrogen-bond donors (Lipinski definition) is 13. The Morgan fingerprint density at radius 2 is 1.18 bits per heavy atom. The molecule has 776 valence electrons. The summed E-state index contributed by atoms with van der Waals surface area (Å²) in [5.41, 5.74) is 7.44. The van der Waals surface area contributed by atoms with Crippen molar-refractivity contribution in [1.82, 2.24) is 36.5 Å². The molecule has 2 aliphatic heterocycles. The Kier molecular flexibility index (Phi) is 59.5. The molecule has 0 saturated carbocycles. The summed E-state index contributed by atoms with van der Waals surface area (Å²) >= 11 is 1.24. The Bertz CT molecular complexity index is 3990. The number of hydrogen-bond acceptors (Lipinski definition) is 32. The number of piperidine rings is 1. The molecule has 43 heteroatoms. The fourth-order valence-electron chi connectivity index (χ4n) is 15.4. The zero-order valence-corrected chi connectivity index (χ0v) is 81.9. The largest absolute Gasteiger partial charge is 0.481 e. The summed E-state index contributed by atoms with van der Waals surface area (Å²) in [7, 11) is 5.29. The Morgan fingerprint density at radius 1 is 0.606 bits per heavy atom. The summed E-state index contributed by atoms with van der Waals surface area (Å²) in [6.45, 7) is 21.0. The number of carbonyl (C=O) groups is 11. The van der Waals surface area contributed by atoms with Crippen LogP contribution in [0.4, 0.5) is 5.69 Å². The van der Waals surface area contributed by atoms with E-state index in [-0.39, 0.29) is 129 Å². The molecule has 0 aliphatic carbocycles. The number of nitrogens with zero attached hydrogens (tertiary/aromatic N) is 3. The molecule has 2 unspecified atom stereocenters. The third kappa shape index (κ3) is 46.6. The first-order chi connectivity index (χ1) is 65.8. The maximum absolute atomic E-state index is 15.3. The number of aliphatic hydroxyl groups is 3. The molecule has 0 bridgehead atoms. The van der Waals surface area contributed by atoms with Crippen molar-refractivity contribution in [2.24, 2.45) is 29.4 Å². The number of ketones is 1. The average Bonchev–Trinajstić information content (AvgIpc) is 1.29. The number of unbranched alkanes of at least 4 members (excludes halogenated alkanes) is 1. The monoisotopic (exact) mass is 1970 g/mol. The van der Waals surface area contributed by atoms with Crippen molar-refractivity contribution in [2.75, 3.05) is 211 Å². The van der Waals surface area contributed by atoms with Gasteiger partial charge in [-0.2, -0.15) is 0 Å². The highest BCUT2D eigenvalue weighted by molar-refractivity contribution is 7.09. The first-order valence-electron chi connectivity index (χ1n) is 47.5. The summed E-state index contributed by atoms with van der Waals surface area (Å²) < 4.78 is 83.5. The van der Waals surface area contributed by atoms with Gasteiger partial charge in [0.2, 0.25) is 41.7 Å². The van der Waals surface area contributed by atoms with E-state index in [2.05, 4.69) is 31.9 Å². The van der Waals surface area contributed by atoms with Gasteiger partial charge < -0.3 is 149 Å². The number of likely N-dealkylation sites (tertiary alicyclic amines) is 1. The van der Waals surface area contributed by atoms with Gasteiger partial charge in [0.1, 0.15) is 65.5 Å². The lowest BCUT2D eigenvalue weighted by molar-refractivity contribution is -0.941. The van der Waals surface area contributed by atoms with E-state index in [1.165, 1.54) is 17.4 Å². The highest BCUT2D eigenvalue weighted by atomic mass is 32.1. The van der Waals surface area contributed by atoms with Crippen molar-refractivity contribution >= 4 is 82.1 Å². The molecular weight excluding hydrogens is 1810 g/mol. The number of anilines is 1. The number of ether oxygens (including phenoxy) is 15. The normalized spacial score (nSPS) is 18.9. The molecule has 137 heavy (non-hydrogen) atoms. The van der Waals surface area contributed by atoms with Gasteiger partial charge in [-0.1, -0.05) is 71.4 Å². The zero-order valence-electron chi connectivity index (χ0n) is 81.1. The summed E-state index contributed by atoms with van der Waals surface area (Å²) in [6.07, 6.45) is -8.36. The maximum Gasteiger partial charge on any atom is 0.335 e. The fraction of sp³-hybridized carbons (Fsp3) is 0.723. The van der Waals surface area contributed by atoms with Gasteiger partial charge in [0.15, 0.2) is 11.9 Å². The minimum Gasteiger partial charge on any atom is -0.481 e. The molecule has 0 spiro atoms. The molecule has 15 atom stereocenters. The molecule has 1 aromatic heterocycles. The number of carboxylic acids is 3. The zero-order chi connectivity index (χ0) is 100. The lowest BCUT2D eigenvalue weighted by Crippen LogP contribution is -2.61. The van der Waals surface area contributed by atoms with Crippen molar-refractivity contribution in [2.45, 2.75) is 211 Å². The van der Waals surface area contributed by atoms with E-state index < -0.39 is 152 Å². The second-order valence-electron chi connectivity index (χ2n) is 34.3. The molecule has 3 heterocycles. The number of aliphatic carboxylic acids is 3. The number of amides is 7. The smallest absolute Gasteiger partial charge is 0.335 e.